The number of urea groups is 1. The summed E-state index contributed by atoms with van der Waals surface area (Å²) in [6.07, 6.45) is -4.78. The summed E-state index contributed by atoms with van der Waals surface area (Å²) in [5.41, 5.74) is -1.41. The minimum Gasteiger partial charge on any atom is -0.427 e. The number of nitrogens with one attached hydrogen (secondary N) is 2. The van der Waals surface area contributed by atoms with Gasteiger partial charge in [-0.05, 0) is 18.2 Å². The molecule has 0 bridgehead atoms. The largest absolute Gasteiger partial charge is 0.469 e. The van der Waals surface area contributed by atoms with E-state index >= 15 is 0 Å². The van der Waals surface area contributed by atoms with Crippen LogP contribution in [0.25, 0.3) is 0 Å². The smallest absolute Gasteiger partial charge is 0.427 e. The first-order valence-corrected chi connectivity index (χ1v) is 7.94. The lowest BCUT2D eigenvalue weighted by Gasteiger charge is -2.16. The molecule has 0 fully saturated rings. The Morgan fingerprint density at radius 2 is 1.67 bits per heavy atom. The number of imide groups is 1. The third kappa shape index (κ3) is 3.40. The van der Waals surface area contributed by atoms with E-state index in [0.29, 0.717) is 0 Å². The van der Waals surface area contributed by atoms with Crippen LogP contribution in [0.2, 0.25) is 10.0 Å². The zero-order valence-electron chi connectivity index (χ0n) is 13.0. The molecule has 0 atom stereocenters. The molecule has 0 spiro atoms. The van der Waals surface area contributed by atoms with Gasteiger partial charge in [0, 0.05) is 11.8 Å². The maximum atomic E-state index is 13.7. The molecule has 1 aliphatic rings. The molecule has 0 saturated carbocycles. The van der Waals surface area contributed by atoms with Crippen LogP contribution in [0.1, 0.15) is 15.9 Å². The van der Waals surface area contributed by atoms with Gasteiger partial charge in [-0.25, -0.2) is 4.79 Å². The lowest BCUT2D eigenvalue weighted by atomic mass is 10.1. The minimum atomic E-state index is -4.78. The topological polar surface area (TPSA) is 67.4 Å². The standard InChI is InChI=1S/C16H8Cl2F4N2O3/c17-9-4-2-1-3-8(9)13(25)24-14(26)23-7-5-10(18)12-11(6-7)27-16(21,22)15(12,19)20/h1-6H,(H2,23,24,25,26). The fraction of sp³-hybridized carbons (Fsp3) is 0.125. The second-order valence-electron chi connectivity index (χ2n) is 5.41. The van der Waals surface area contributed by atoms with E-state index in [1.807, 2.05) is 5.32 Å². The Kier molecular flexibility index (Phi) is 4.69. The Balaban J connectivity index is 1.78. The van der Waals surface area contributed by atoms with Gasteiger partial charge in [0.1, 0.15) is 5.75 Å². The number of alkyl halides is 4. The average Bonchev–Trinajstić information content (AvgIpc) is 2.71. The molecule has 0 aromatic heterocycles. The summed E-state index contributed by atoms with van der Waals surface area (Å²) in [6.45, 7) is 0. The van der Waals surface area contributed by atoms with Gasteiger partial charge in [0.05, 0.1) is 21.2 Å². The zero-order valence-corrected chi connectivity index (χ0v) is 14.5. The molecule has 0 saturated heterocycles. The maximum absolute atomic E-state index is 13.7. The number of carbonyl (C=O) groups excluding carboxylic acids is 2. The van der Waals surface area contributed by atoms with Crippen LogP contribution in [-0.2, 0) is 5.92 Å². The van der Waals surface area contributed by atoms with E-state index in [-0.39, 0.29) is 16.3 Å². The highest BCUT2D eigenvalue weighted by molar-refractivity contribution is 6.34. The number of ether oxygens (including phenoxy) is 1. The predicted octanol–water partition coefficient (Wildman–Crippen LogP) is 5.03. The predicted molar refractivity (Wildman–Crippen MR) is 88.9 cm³/mol. The molecule has 2 aromatic rings. The van der Waals surface area contributed by atoms with Crippen LogP contribution in [-0.4, -0.2) is 18.0 Å². The number of hydrogen-bond donors (Lipinski definition) is 2. The lowest BCUT2D eigenvalue weighted by Crippen LogP contribution is -2.37. The van der Waals surface area contributed by atoms with Gasteiger partial charge in [0.15, 0.2) is 0 Å². The summed E-state index contributed by atoms with van der Waals surface area (Å²) in [5, 5.41) is 3.44. The Morgan fingerprint density at radius 3 is 2.33 bits per heavy atom. The minimum absolute atomic E-state index is 0.0175. The third-order valence-electron chi connectivity index (χ3n) is 3.58. The van der Waals surface area contributed by atoms with Gasteiger partial charge in [-0.1, -0.05) is 35.3 Å². The molecule has 2 N–H and O–H groups in total. The van der Waals surface area contributed by atoms with Gasteiger partial charge in [-0.15, -0.1) is 0 Å². The maximum Gasteiger partial charge on any atom is 0.469 e. The first-order chi connectivity index (χ1) is 12.5. The summed E-state index contributed by atoms with van der Waals surface area (Å²) in [6, 6.07) is 6.43. The van der Waals surface area contributed by atoms with Crippen molar-refractivity contribution in [3.8, 4) is 5.75 Å². The molecule has 142 valence electrons. The molecule has 2 aromatic carbocycles. The Labute approximate surface area is 159 Å². The van der Waals surface area contributed by atoms with E-state index in [4.69, 9.17) is 23.2 Å². The van der Waals surface area contributed by atoms with E-state index in [1.54, 1.807) is 6.07 Å². The number of fused-ring (bicyclic) bond motifs is 1. The lowest BCUT2D eigenvalue weighted by molar-refractivity contribution is -0.296. The van der Waals surface area contributed by atoms with Gasteiger partial charge in [0.2, 0.25) is 0 Å². The third-order valence-corrected chi connectivity index (χ3v) is 4.20. The molecule has 11 heteroatoms. The van der Waals surface area contributed by atoms with Crippen molar-refractivity contribution in [1.29, 1.82) is 0 Å². The van der Waals surface area contributed by atoms with Gasteiger partial charge in [0.25, 0.3) is 5.91 Å². The van der Waals surface area contributed by atoms with Crippen molar-refractivity contribution < 1.29 is 31.9 Å². The Bertz CT molecular complexity index is 953. The molecule has 1 heterocycles. The van der Waals surface area contributed by atoms with Gasteiger partial charge >= 0.3 is 18.1 Å². The van der Waals surface area contributed by atoms with Crippen molar-refractivity contribution in [1.82, 2.24) is 5.32 Å². The molecule has 27 heavy (non-hydrogen) atoms. The molecule has 0 unspecified atom stereocenters. The van der Waals surface area contributed by atoms with E-state index in [1.165, 1.54) is 18.2 Å². The summed E-state index contributed by atoms with van der Waals surface area (Å²) in [4.78, 5) is 23.9. The quantitative estimate of drug-likeness (QED) is 0.666. The highest BCUT2D eigenvalue weighted by Crippen LogP contribution is 2.56. The fourth-order valence-corrected chi connectivity index (χ4v) is 2.92. The Hall–Kier alpha value is -2.52. The van der Waals surface area contributed by atoms with Gasteiger partial charge < -0.3 is 10.1 Å². The summed E-state index contributed by atoms with van der Waals surface area (Å²) < 4.78 is 57.9. The van der Waals surface area contributed by atoms with Crippen LogP contribution in [0.4, 0.5) is 28.0 Å². The van der Waals surface area contributed by atoms with E-state index in [9.17, 15) is 27.2 Å². The van der Waals surface area contributed by atoms with Crippen LogP contribution < -0.4 is 15.4 Å². The van der Waals surface area contributed by atoms with Crippen molar-refractivity contribution >= 4 is 40.8 Å². The van der Waals surface area contributed by atoms with Crippen LogP contribution in [0.5, 0.6) is 5.75 Å². The number of anilines is 1. The number of benzene rings is 2. The van der Waals surface area contributed by atoms with Crippen molar-refractivity contribution in [3.05, 3.63) is 57.6 Å². The van der Waals surface area contributed by atoms with E-state index in [0.717, 1.165) is 12.1 Å². The molecular formula is C16H8Cl2F4N2O3. The van der Waals surface area contributed by atoms with Crippen molar-refractivity contribution in [3.63, 3.8) is 0 Å². The summed E-state index contributed by atoms with van der Waals surface area (Å²) in [7, 11) is 0. The molecule has 3 amide bonds. The van der Waals surface area contributed by atoms with Gasteiger partial charge in [-0.2, -0.15) is 17.6 Å². The molecule has 3 rings (SSSR count). The molecular weight excluding hydrogens is 415 g/mol. The fourth-order valence-electron chi connectivity index (χ4n) is 2.36. The number of rotatable bonds is 2. The first kappa shape index (κ1) is 19.2. The SMILES string of the molecule is O=C(NC(=O)c1ccccc1Cl)Nc1cc(Cl)c2c(c1)OC(F)(F)C2(F)F. The molecule has 5 nitrogen and oxygen atoms in total. The van der Waals surface area contributed by atoms with Crippen molar-refractivity contribution in [2.24, 2.45) is 0 Å². The van der Waals surface area contributed by atoms with Gasteiger partial charge in [-0.3, -0.25) is 10.1 Å². The van der Waals surface area contributed by atoms with Crippen LogP contribution >= 0.6 is 23.2 Å². The molecule has 1 aliphatic heterocycles. The van der Waals surface area contributed by atoms with E-state index in [2.05, 4.69) is 10.1 Å². The average molecular weight is 423 g/mol. The second-order valence-corrected chi connectivity index (χ2v) is 6.23. The molecule has 0 radical (unpaired) electrons. The Morgan fingerprint density at radius 1 is 1.00 bits per heavy atom. The zero-order chi connectivity index (χ0) is 20.0. The normalized spacial score (nSPS) is 16.2. The number of halogens is 6. The number of hydrogen-bond acceptors (Lipinski definition) is 3. The highest BCUT2D eigenvalue weighted by atomic mass is 35.5. The number of carbonyl (C=O) groups is 2. The number of amides is 3. The van der Waals surface area contributed by atoms with Crippen molar-refractivity contribution in [2.75, 3.05) is 5.32 Å². The second kappa shape index (κ2) is 6.58. The van der Waals surface area contributed by atoms with E-state index < -0.39 is 40.3 Å². The summed E-state index contributed by atoms with van der Waals surface area (Å²) >= 11 is 11.5. The van der Waals surface area contributed by atoms with Crippen LogP contribution in [0, 0.1) is 0 Å². The highest BCUT2D eigenvalue weighted by Gasteiger charge is 2.67. The van der Waals surface area contributed by atoms with Crippen LogP contribution in [0.3, 0.4) is 0 Å². The first-order valence-electron chi connectivity index (χ1n) is 7.18. The molecule has 0 aliphatic carbocycles. The van der Waals surface area contributed by atoms with Crippen molar-refractivity contribution in [2.45, 2.75) is 12.0 Å². The summed E-state index contributed by atoms with van der Waals surface area (Å²) in [5.74, 6) is -6.34. The monoisotopic (exact) mass is 422 g/mol. The van der Waals surface area contributed by atoms with Crippen LogP contribution in [0.15, 0.2) is 36.4 Å².